The van der Waals surface area contributed by atoms with Crippen LogP contribution in [0.15, 0.2) is 30.7 Å². The van der Waals surface area contributed by atoms with Gasteiger partial charge in [-0.1, -0.05) is 0 Å². The average Bonchev–Trinajstić information content (AvgIpc) is 2.69. The van der Waals surface area contributed by atoms with Gasteiger partial charge in [0.15, 0.2) is 0 Å². The molecule has 2 aromatic heterocycles. The van der Waals surface area contributed by atoms with Crippen LogP contribution in [-0.2, 0) is 0 Å². The summed E-state index contributed by atoms with van der Waals surface area (Å²) in [6, 6.07) is 3.74. The topological polar surface area (TPSA) is 71.2 Å². The van der Waals surface area contributed by atoms with Crippen LogP contribution in [0.4, 0.5) is 0 Å². The van der Waals surface area contributed by atoms with Crippen LogP contribution >= 0.6 is 0 Å². The predicted octanol–water partition coefficient (Wildman–Crippen LogP) is -0.744. The number of hydrogen-bond acceptors (Lipinski definition) is 4. The lowest BCUT2D eigenvalue weighted by Gasteiger charge is -2.06. The SMILES string of the molecule is Cc1nc(-n2cccc2)ncc1B(O)O. The molecule has 0 radical (unpaired) electrons. The number of nitrogens with zero attached hydrogens (tertiary/aromatic N) is 3. The molecule has 5 nitrogen and oxygen atoms in total. The highest BCUT2D eigenvalue weighted by Crippen LogP contribution is 2.00. The Morgan fingerprint density at radius 1 is 1.27 bits per heavy atom. The summed E-state index contributed by atoms with van der Waals surface area (Å²) < 4.78 is 1.75. The summed E-state index contributed by atoms with van der Waals surface area (Å²) in [5.74, 6) is 0.516. The van der Waals surface area contributed by atoms with Gasteiger partial charge < -0.3 is 10.0 Å². The first-order chi connectivity index (χ1) is 7.18. The Morgan fingerprint density at radius 2 is 1.93 bits per heavy atom. The molecule has 0 atom stereocenters. The van der Waals surface area contributed by atoms with Crippen LogP contribution in [0.3, 0.4) is 0 Å². The van der Waals surface area contributed by atoms with E-state index in [1.807, 2.05) is 24.5 Å². The molecule has 0 bridgehead atoms. The molecule has 76 valence electrons. The maximum absolute atomic E-state index is 8.99. The summed E-state index contributed by atoms with van der Waals surface area (Å²) in [5.41, 5.74) is 0.884. The Kier molecular flexibility index (Phi) is 2.53. The minimum Gasteiger partial charge on any atom is -0.423 e. The first-order valence-corrected chi connectivity index (χ1v) is 4.51. The smallest absolute Gasteiger partial charge is 0.423 e. The third-order valence-corrected chi connectivity index (χ3v) is 2.12. The molecule has 0 fully saturated rings. The van der Waals surface area contributed by atoms with Gasteiger partial charge in [0, 0.05) is 29.7 Å². The fraction of sp³-hybridized carbons (Fsp3) is 0.111. The molecule has 2 heterocycles. The first kappa shape index (κ1) is 9.88. The molecule has 6 heteroatoms. The van der Waals surface area contributed by atoms with Crippen LogP contribution in [0.1, 0.15) is 5.69 Å². The number of aromatic nitrogens is 3. The highest BCUT2D eigenvalue weighted by Gasteiger charge is 2.16. The van der Waals surface area contributed by atoms with Crippen LogP contribution in [0.2, 0.25) is 0 Å². The van der Waals surface area contributed by atoms with Crippen LogP contribution in [0.25, 0.3) is 5.95 Å². The monoisotopic (exact) mass is 203 g/mol. The second-order valence-electron chi connectivity index (χ2n) is 3.17. The van der Waals surface area contributed by atoms with Gasteiger partial charge in [-0.15, -0.1) is 0 Å². The molecule has 0 amide bonds. The molecule has 0 saturated heterocycles. The fourth-order valence-electron chi connectivity index (χ4n) is 1.31. The fourth-order valence-corrected chi connectivity index (χ4v) is 1.31. The molecule has 0 aliphatic carbocycles. The Balaban J connectivity index is 2.42. The van der Waals surface area contributed by atoms with Crippen LogP contribution in [-0.4, -0.2) is 31.7 Å². The van der Waals surface area contributed by atoms with E-state index in [4.69, 9.17) is 10.0 Å². The van der Waals surface area contributed by atoms with Gasteiger partial charge >= 0.3 is 7.12 Å². The van der Waals surface area contributed by atoms with E-state index in [2.05, 4.69) is 9.97 Å². The standard InChI is InChI=1S/C9H10BN3O2/c1-7-8(10(14)15)6-11-9(12-7)13-4-2-3-5-13/h2-6,14-15H,1H3. The van der Waals surface area contributed by atoms with Crippen molar-refractivity contribution in [2.24, 2.45) is 0 Å². The molecule has 2 rings (SSSR count). The van der Waals surface area contributed by atoms with Crippen molar-refractivity contribution in [3.05, 3.63) is 36.4 Å². The van der Waals surface area contributed by atoms with Gasteiger partial charge in [-0.05, 0) is 19.1 Å². The van der Waals surface area contributed by atoms with Crippen molar-refractivity contribution in [2.75, 3.05) is 0 Å². The Labute approximate surface area is 87.2 Å². The molecule has 0 aliphatic rings. The highest BCUT2D eigenvalue weighted by molar-refractivity contribution is 6.58. The number of hydrogen-bond donors (Lipinski definition) is 2. The van der Waals surface area contributed by atoms with Gasteiger partial charge in [0.2, 0.25) is 5.95 Å². The van der Waals surface area contributed by atoms with E-state index < -0.39 is 7.12 Å². The van der Waals surface area contributed by atoms with E-state index >= 15 is 0 Å². The van der Waals surface area contributed by atoms with Crippen LogP contribution < -0.4 is 5.46 Å². The van der Waals surface area contributed by atoms with Gasteiger partial charge in [-0.2, -0.15) is 0 Å². The molecule has 0 aromatic carbocycles. The second-order valence-corrected chi connectivity index (χ2v) is 3.17. The van der Waals surface area contributed by atoms with Gasteiger partial charge in [0.1, 0.15) is 0 Å². The summed E-state index contributed by atoms with van der Waals surface area (Å²) in [4.78, 5) is 8.20. The number of aryl methyl sites for hydroxylation is 1. The Bertz CT molecular complexity index is 456. The maximum atomic E-state index is 8.99. The van der Waals surface area contributed by atoms with E-state index in [-0.39, 0.29) is 0 Å². The quantitative estimate of drug-likeness (QED) is 0.630. The third-order valence-electron chi connectivity index (χ3n) is 2.12. The van der Waals surface area contributed by atoms with Crippen LogP contribution in [0.5, 0.6) is 0 Å². The third kappa shape index (κ3) is 1.90. The summed E-state index contributed by atoms with van der Waals surface area (Å²) in [6.45, 7) is 1.71. The molecule has 0 aliphatic heterocycles. The van der Waals surface area contributed by atoms with E-state index in [1.54, 1.807) is 11.5 Å². The van der Waals surface area contributed by atoms with E-state index in [0.29, 0.717) is 17.1 Å². The number of rotatable bonds is 2. The van der Waals surface area contributed by atoms with Crippen molar-refractivity contribution in [1.82, 2.24) is 14.5 Å². The maximum Gasteiger partial charge on any atom is 0.491 e. The molecular formula is C9H10BN3O2. The Hall–Kier alpha value is -1.66. The second kappa shape index (κ2) is 3.84. The molecule has 0 unspecified atom stereocenters. The summed E-state index contributed by atoms with van der Waals surface area (Å²) >= 11 is 0. The zero-order valence-electron chi connectivity index (χ0n) is 8.20. The highest BCUT2D eigenvalue weighted by atomic mass is 16.4. The largest absolute Gasteiger partial charge is 0.491 e. The molecule has 0 saturated carbocycles. The van der Waals surface area contributed by atoms with Crippen molar-refractivity contribution < 1.29 is 10.0 Å². The average molecular weight is 203 g/mol. The lowest BCUT2D eigenvalue weighted by Crippen LogP contribution is -2.33. The predicted molar refractivity (Wildman–Crippen MR) is 55.9 cm³/mol. The lowest BCUT2D eigenvalue weighted by atomic mass is 9.80. The molecule has 0 spiro atoms. The minimum absolute atomic E-state index is 0.325. The van der Waals surface area contributed by atoms with Gasteiger partial charge in [0.05, 0.1) is 0 Å². The van der Waals surface area contributed by atoms with Crippen molar-refractivity contribution in [2.45, 2.75) is 6.92 Å². The van der Waals surface area contributed by atoms with Gasteiger partial charge in [0.25, 0.3) is 0 Å². The van der Waals surface area contributed by atoms with E-state index in [9.17, 15) is 0 Å². The zero-order valence-corrected chi connectivity index (χ0v) is 8.20. The molecule has 15 heavy (non-hydrogen) atoms. The molecular weight excluding hydrogens is 193 g/mol. The summed E-state index contributed by atoms with van der Waals surface area (Å²) in [6.07, 6.45) is 5.07. The van der Waals surface area contributed by atoms with Crippen molar-refractivity contribution in [3.8, 4) is 5.95 Å². The summed E-state index contributed by atoms with van der Waals surface area (Å²) in [7, 11) is -1.52. The van der Waals surface area contributed by atoms with Crippen LogP contribution in [0, 0.1) is 6.92 Å². The Morgan fingerprint density at radius 3 is 2.47 bits per heavy atom. The van der Waals surface area contributed by atoms with E-state index in [0.717, 1.165) is 0 Å². The van der Waals surface area contributed by atoms with Gasteiger partial charge in [-0.25, -0.2) is 9.97 Å². The molecule has 2 aromatic rings. The van der Waals surface area contributed by atoms with Crippen molar-refractivity contribution in [3.63, 3.8) is 0 Å². The first-order valence-electron chi connectivity index (χ1n) is 4.51. The normalized spacial score (nSPS) is 10.3. The molecule has 2 N–H and O–H groups in total. The lowest BCUT2D eigenvalue weighted by molar-refractivity contribution is 0.425. The zero-order chi connectivity index (χ0) is 10.8. The van der Waals surface area contributed by atoms with Crippen molar-refractivity contribution >= 4 is 12.6 Å². The minimum atomic E-state index is -1.52. The summed E-state index contributed by atoms with van der Waals surface area (Å²) in [5, 5.41) is 18.0. The van der Waals surface area contributed by atoms with E-state index in [1.165, 1.54) is 6.20 Å². The van der Waals surface area contributed by atoms with Gasteiger partial charge in [-0.3, -0.25) is 4.57 Å². The van der Waals surface area contributed by atoms with Crippen molar-refractivity contribution in [1.29, 1.82) is 0 Å².